The van der Waals surface area contributed by atoms with Gasteiger partial charge in [0.1, 0.15) is 0 Å². The Kier molecular flexibility index (Phi) is 9.63. The molecule has 0 aromatic heterocycles. The van der Waals surface area contributed by atoms with Crippen LogP contribution in [0.25, 0.3) is 0 Å². The van der Waals surface area contributed by atoms with Crippen molar-refractivity contribution in [3.8, 4) is 0 Å². The number of halogens is 1. The highest BCUT2D eigenvalue weighted by atomic mass is 35.5. The Morgan fingerprint density at radius 1 is 0.933 bits per heavy atom. The highest BCUT2D eigenvalue weighted by Gasteiger charge is 2.39. The zero-order valence-electron chi connectivity index (χ0n) is 18.3. The number of carbonyl (C=O) groups excluding carboxylic acids is 1. The normalized spacial score (nSPS) is 11.4. The minimum Gasteiger partial charge on any atom is -0.449 e. The molecule has 0 aliphatic carbocycles. The van der Waals surface area contributed by atoms with Gasteiger partial charge in [0.15, 0.2) is 0 Å². The van der Waals surface area contributed by atoms with Crippen molar-refractivity contribution in [2.45, 2.75) is 52.7 Å². The van der Waals surface area contributed by atoms with E-state index >= 15 is 0 Å². The van der Waals surface area contributed by atoms with Crippen LogP contribution in [0, 0.1) is 6.92 Å². The molecule has 1 amide bonds. The first-order valence-electron chi connectivity index (χ1n) is 10.6. The summed E-state index contributed by atoms with van der Waals surface area (Å²) in [6.07, 6.45) is 1.88. The molecule has 0 aliphatic rings. The Labute approximate surface area is 184 Å². The molecule has 2 rings (SSSR count). The summed E-state index contributed by atoms with van der Waals surface area (Å²) in [7, 11) is 0. The van der Waals surface area contributed by atoms with Crippen LogP contribution in [-0.4, -0.2) is 25.9 Å². The lowest BCUT2D eigenvalue weighted by atomic mass is 9.93. The monoisotopic (exact) mass is 433 g/mol. The third-order valence-electron chi connectivity index (χ3n) is 4.45. The number of anilines is 1. The van der Waals surface area contributed by atoms with Gasteiger partial charge in [-0.15, -0.1) is 0 Å². The van der Waals surface area contributed by atoms with Crippen LogP contribution in [0.15, 0.2) is 42.5 Å². The molecule has 0 fully saturated rings. The summed E-state index contributed by atoms with van der Waals surface area (Å²) in [6.45, 7) is 9.37. The van der Waals surface area contributed by atoms with Crippen LogP contribution in [-0.2, 0) is 20.0 Å². The second-order valence-corrected chi connectivity index (χ2v) is 7.57. The van der Waals surface area contributed by atoms with E-state index in [1.165, 1.54) is 0 Å². The summed E-state index contributed by atoms with van der Waals surface area (Å²) in [5.41, 5.74) is 3.14. The van der Waals surface area contributed by atoms with E-state index < -0.39 is 11.9 Å². The Morgan fingerprint density at radius 2 is 1.53 bits per heavy atom. The van der Waals surface area contributed by atoms with Crippen LogP contribution in [0.3, 0.4) is 0 Å². The van der Waals surface area contributed by atoms with E-state index in [1.54, 1.807) is 0 Å². The molecule has 0 atom stereocenters. The van der Waals surface area contributed by atoms with Crippen LogP contribution < -0.4 is 5.32 Å². The Bertz CT molecular complexity index is 799. The summed E-state index contributed by atoms with van der Waals surface area (Å²) < 4.78 is 18.0. The van der Waals surface area contributed by atoms with E-state index in [2.05, 4.69) is 5.32 Å². The molecule has 0 aliphatic heterocycles. The molecule has 0 radical (unpaired) electrons. The number of aryl methyl sites for hydroxylation is 1. The molecular formula is C24H32ClNO4. The van der Waals surface area contributed by atoms with Gasteiger partial charge in [-0.25, -0.2) is 4.79 Å². The topological polar surface area (TPSA) is 56.8 Å². The van der Waals surface area contributed by atoms with Crippen molar-refractivity contribution in [1.29, 1.82) is 0 Å². The number of rotatable bonds is 11. The quantitative estimate of drug-likeness (QED) is 0.402. The maximum atomic E-state index is 12.3. The van der Waals surface area contributed by atoms with Gasteiger partial charge in [0, 0.05) is 16.1 Å². The third kappa shape index (κ3) is 6.21. The predicted molar refractivity (Wildman–Crippen MR) is 121 cm³/mol. The lowest BCUT2D eigenvalue weighted by Gasteiger charge is -2.36. The van der Waals surface area contributed by atoms with E-state index in [9.17, 15) is 4.79 Å². The van der Waals surface area contributed by atoms with Crippen molar-refractivity contribution in [1.82, 2.24) is 0 Å². The number of amides is 1. The fourth-order valence-electron chi connectivity index (χ4n) is 3.06. The van der Waals surface area contributed by atoms with Crippen LogP contribution in [0.1, 0.15) is 56.7 Å². The standard InChI is InChI=1S/C24H32ClNO4/c1-5-14-28-23(27)26-22-13-8-18(4)17-21(22)24(29-15-6-2,30-16-7-3)19-9-11-20(25)12-10-19/h8-13,17H,5-7,14-16H2,1-4H3,(H,26,27). The second kappa shape index (κ2) is 11.9. The van der Waals surface area contributed by atoms with Crippen molar-refractivity contribution in [3.05, 3.63) is 64.2 Å². The molecule has 0 saturated heterocycles. The SMILES string of the molecule is CCCOC(=O)Nc1ccc(C)cc1C(OCCC)(OCCC)c1ccc(Cl)cc1. The summed E-state index contributed by atoms with van der Waals surface area (Å²) >= 11 is 6.14. The molecule has 0 heterocycles. The van der Waals surface area contributed by atoms with Gasteiger partial charge in [-0.3, -0.25) is 5.32 Å². The lowest BCUT2D eigenvalue weighted by Crippen LogP contribution is -2.36. The third-order valence-corrected chi connectivity index (χ3v) is 4.70. The molecule has 6 heteroatoms. The number of hydrogen-bond acceptors (Lipinski definition) is 4. The van der Waals surface area contributed by atoms with Crippen LogP contribution in [0.2, 0.25) is 5.02 Å². The summed E-state index contributed by atoms with van der Waals surface area (Å²) in [6, 6.07) is 13.2. The van der Waals surface area contributed by atoms with Gasteiger partial charge in [0.25, 0.3) is 0 Å². The minimum atomic E-state index is -1.18. The first-order valence-corrected chi connectivity index (χ1v) is 10.9. The molecule has 2 aromatic carbocycles. The number of carbonyl (C=O) groups is 1. The largest absolute Gasteiger partial charge is 0.449 e. The first-order chi connectivity index (χ1) is 14.5. The molecule has 5 nitrogen and oxygen atoms in total. The molecule has 0 spiro atoms. The Hall–Kier alpha value is -2.08. The van der Waals surface area contributed by atoms with Gasteiger partial charge in [-0.2, -0.15) is 0 Å². The number of ether oxygens (including phenoxy) is 3. The van der Waals surface area contributed by atoms with Crippen LogP contribution >= 0.6 is 11.6 Å². The lowest BCUT2D eigenvalue weighted by molar-refractivity contribution is -0.217. The summed E-state index contributed by atoms with van der Waals surface area (Å²) in [5, 5.41) is 3.49. The number of hydrogen-bond donors (Lipinski definition) is 1. The molecule has 0 saturated carbocycles. The predicted octanol–water partition coefficient (Wildman–Crippen LogP) is 6.66. The minimum absolute atomic E-state index is 0.355. The maximum absolute atomic E-state index is 12.3. The summed E-state index contributed by atoms with van der Waals surface area (Å²) in [4.78, 5) is 12.3. The fourth-order valence-corrected chi connectivity index (χ4v) is 3.19. The van der Waals surface area contributed by atoms with E-state index in [0.29, 0.717) is 30.5 Å². The molecule has 1 N–H and O–H groups in total. The Morgan fingerprint density at radius 3 is 2.10 bits per heavy atom. The molecule has 30 heavy (non-hydrogen) atoms. The van der Waals surface area contributed by atoms with E-state index in [4.69, 9.17) is 25.8 Å². The van der Waals surface area contributed by atoms with Crippen molar-refractivity contribution in [2.24, 2.45) is 0 Å². The van der Waals surface area contributed by atoms with Gasteiger partial charge in [-0.05, 0) is 50.5 Å². The van der Waals surface area contributed by atoms with Crippen LogP contribution in [0.5, 0.6) is 0 Å². The second-order valence-electron chi connectivity index (χ2n) is 7.13. The summed E-state index contributed by atoms with van der Waals surface area (Å²) in [5.74, 6) is -1.18. The van der Waals surface area contributed by atoms with Crippen molar-refractivity contribution >= 4 is 23.4 Å². The average Bonchev–Trinajstić information content (AvgIpc) is 2.75. The van der Waals surface area contributed by atoms with Crippen LogP contribution in [0.4, 0.5) is 10.5 Å². The van der Waals surface area contributed by atoms with Crippen molar-refractivity contribution < 1.29 is 19.0 Å². The first kappa shape index (κ1) is 24.2. The van der Waals surface area contributed by atoms with Gasteiger partial charge in [-0.1, -0.05) is 56.1 Å². The van der Waals surface area contributed by atoms with E-state index in [0.717, 1.165) is 36.0 Å². The number of nitrogens with one attached hydrogen (secondary N) is 1. The fraction of sp³-hybridized carbons (Fsp3) is 0.458. The highest BCUT2D eigenvalue weighted by Crippen LogP contribution is 2.40. The van der Waals surface area contributed by atoms with Crippen molar-refractivity contribution in [2.75, 3.05) is 25.1 Å². The molecular weight excluding hydrogens is 402 g/mol. The molecule has 0 bridgehead atoms. The molecule has 2 aromatic rings. The zero-order valence-corrected chi connectivity index (χ0v) is 19.1. The smallest absolute Gasteiger partial charge is 0.411 e. The molecule has 164 valence electrons. The Balaban J connectivity index is 2.62. The van der Waals surface area contributed by atoms with Gasteiger partial charge < -0.3 is 14.2 Å². The zero-order chi connectivity index (χ0) is 22.0. The van der Waals surface area contributed by atoms with Crippen molar-refractivity contribution in [3.63, 3.8) is 0 Å². The van der Waals surface area contributed by atoms with E-state index in [-0.39, 0.29) is 0 Å². The number of benzene rings is 2. The van der Waals surface area contributed by atoms with Gasteiger partial charge >= 0.3 is 6.09 Å². The molecule has 0 unspecified atom stereocenters. The van der Waals surface area contributed by atoms with E-state index in [1.807, 2.05) is 70.2 Å². The van der Waals surface area contributed by atoms with Gasteiger partial charge in [0.2, 0.25) is 5.79 Å². The average molecular weight is 434 g/mol. The highest BCUT2D eigenvalue weighted by molar-refractivity contribution is 6.30. The van der Waals surface area contributed by atoms with Gasteiger partial charge in [0.05, 0.1) is 25.5 Å². The maximum Gasteiger partial charge on any atom is 0.411 e.